The Kier molecular flexibility index (Phi) is 6.57. The number of nitrogens with one attached hydrogen (secondary N) is 1. The number of allylic oxidation sites excluding steroid dienone is 1. The fourth-order valence-corrected chi connectivity index (χ4v) is 6.07. The maximum Gasteiger partial charge on any atom is 0.259 e. The second-order valence-electron chi connectivity index (χ2n) is 10.2. The van der Waals surface area contributed by atoms with Gasteiger partial charge in [0.05, 0.1) is 18.3 Å². The zero-order chi connectivity index (χ0) is 27.6. The Hall–Kier alpha value is -3.45. The van der Waals surface area contributed by atoms with E-state index in [0.29, 0.717) is 16.8 Å². The topological polar surface area (TPSA) is 203 Å². The lowest BCUT2D eigenvalue weighted by Crippen LogP contribution is -2.64. The van der Waals surface area contributed by atoms with Crippen molar-refractivity contribution in [3.63, 3.8) is 0 Å². The molecule has 1 aromatic carbocycles. The highest BCUT2D eigenvalue weighted by Gasteiger charge is 2.63. The molecule has 200 valence electrons. The Balaban J connectivity index is 1.97. The third-order valence-electron chi connectivity index (χ3n) is 7.72. The number of carbonyl (C=O) groups excluding carboxylic acids is 3. The number of aliphatic hydroxyl groups is 3. The molecule has 3 aliphatic rings. The monoisotopic (exact) mass is 515 g/mol. The summed E-state index contributed by atoms with van der Waals surface area (Å²) >= 11 is 0. The molecule has 0 aromatic heterocycles. The molecule has 0 radical (unpaired) electrons. The number of ketones is 2. The van der Waals surface area contributed by atoms with Crippen molar-refractivity contribution >= 4 is 23.2 Å². The van der Waals surface area contributed by atoms with Gasteiger partial charge in [-0.25, -0.2) is 0 Å². The molecule has 1 aromatic rings. The number of likely N-dealkylation sites (N-methyl/N-ethyl adjacent to an activating group) is 1. The minimum absolute atomic E-state index is 0.0395. The number of nitrogens with two attached hydrogens (primary N) is 2. The van der Waals surface area contributed by atoms with Crippen molar-refractivity contribution in [2.75, 3.05) is 39.8 Å². The summed E-state index contributed by atoms with van der Waals surface area (Å²) in [6, 6.07) is 0.682. The molecule has 12 heteroatoms. The summed E-state index contributed by atoms with van der Waals surface area (Å²) in [6.45, 7) is -0.376. The molecule has 9 N–H and O–H groups in total. The number of phenols is 1. The van der Waals surface area contributed by atoms with E-state index in [-0.39, 0.29) is 42.9 Å². The second-order valence-corrected chi connectivity index (χ2v) is 10.2. The number of aliphatic hydroxyl groups excluding tert-OH is 2. The van der Waals surface area contributed by atoms with Gasteiger partial charge in [0.15, 0.2) is 11.4 Å². The van der Waals surface area contributed by atoms with Crippen molar-refractivity contribution in [2.45, 2.75) is 31.0 Å². The van der Waals surface area contributed by atoms with Gasteiger partial charge < -0.3 is 42.1 Å². The van der Waals surface area contributed by atoms with Crippen LogP contribution in [-0.2, 0) is 22.6 Å². The minimum Gasteiger partial charge on any atom is -0.510 e. The standard InChI is InChI=1S/C25H33N5O7/c1-29(2)14-7-11(8-26)19(31)16-12(14)5-10-6-13-18(30(3)4)21(33)17(24(36)28-9-27)23(35)25(13,37)22(34)15(10)20(16)32/h7,10,13,18,31,33-34,37H,5-6,8-9,26-27H2,1-4H3,(H,28,36)/t10-,13-,18-,25-/m0/s1. The first-order valence-corrected chi connectivity index (χ1v) is 11.9. The zero-order valence-corrected chi connectivity index (χ0v) is 21.2. The van der Waals surface area contributed by atoms with Gasteiger partial charge in [-0.1, -0.05) is 0 Å². The predicted octanol–water partition coefficient (Wildman–Crippen LogP) is -0.808. The Bertz CT molecular complexity index is 1270. The molecule has 0 fully saturated rings. The molecule has 4 rings (SSSR count). The van der Waals surface area contributed by atoms with Crippen molar-refractivity contribution < 1.29 is 34.8 Å². The van der Waals surface area contributed by atoms with Gasteiger partial charge in [-0.3, -0.25) is 19.3 Å². The van der Waals surface area contributed by atoms with E-state index in [0.717, 1.165) is 0 Å². The fraction of sp³-hybridized carbons (Fsp3) is 0.480. The molecular weight excluding hydrogens is 482 g/mol. The third-order valence-corrected chi connectivity index (χ3v) is 7.72. The average Bonchev–Trinajstić information content (AvgIpc) is 2.81. The van der Waals surface area contributed by atoms with Gasteiger partial charge in [0.25, 0.3) is 5.91 Å². The van der Waals surface area contributed by atoms with Gasteiger partial charge in [0.2, 0.25) is 5.78 Å². The summed E-state index contributed by atoms with van der Waals surface area (Å²) in [5.41, 5.74) is 9.09. The average molecular weight is 516 g/mol. The van der Waals surface area contributed by atoms with Crippen LogP contribution in [0.3, 0.4) is 0 Å². The molecule has 0 unspecified atom stereocenters. The Morgan fingerprint density at radius 2 is 1.81 bits per heavy atom. The number of fused-ring (bicyclic) bond motifs is 3. The van der Waals surface area contributed by atoms with Crippen LogP contribution in [-0.4, -0.2) is 89.3 Å². The molecule has 12 nitrogen and oxygen atoms in total. The number of carbonyl (C=O) groups is 3. The molecule has 0 saturated heterocycles. The zero-order valence-electron chi connectivity index (χ0n) is 21.2. The van der Waals surface area contributed by atoms with E-state index >= 15 is 0 Å². The van der Waals surface area contributed by atoms with Crippen LogP contribution in [0.1, 0.15) is 27.9 Å². The fourth-order valence-electron chi connectivity index (χ4n) is 6.07. The van der Waals surface area contributed by atoms with E-state index in [1.807, 2.05) is 0 Å². The maximum atomic E-state index is 13.8. The van der Waals surface area contributed by atoms with E-state index in [9.17, 15) is 34.8 Å². The first-order chi connectivity index (χ1) is 17.3. The van der Waals surface area contributed by atoms with Crippen molar-refractivity contribution in [3.05, 3.63) is 45.4 Å². The SMILES string of the molecule is CN(C)c1cc(CN)c(O)c2c1C[C@H]1C[C@H]3[C@H](N(C)C)C(O)=C(C(=O)NCN)C(=O)[C@@]3(O)C(O)=C1C2=O. The number of benzene rings is 1. The highest BCUT2D eigenvalue weighted by atomic mass is 16.3. The van der Waals surface area contributed by atoms with E-state index in [2.05, 4.69) is 5.32 Å². The highest BCUT2D eigenvalue weighted by Crippen LogP contribution is 2.53. The van der Waals surface area contributed by atoms with Crippen LogP contribution in [0.5, 0.6) is 5.75 Å². The van der Waals surface area contributed by atoms with Gasteiger partial charge in [-0.2, -0.15) is 0 Å². The van der Waals surface area contributed by atoms with Gasteiger partial charge in [-0.05, 0) is 44.5 Å². The summed E-state index contributed by atoms with van der Waals surface area (Å²) in [5.74, 6) is -6.42. The van der Waals surface area contributed by atoms with Gasteiger partial charge in [-0.15, -0.1) is 0 Å². The van der Waals surface area contributed by atoms with Crippen molar-refractivity contribution in [2.24, 2.45) is 23.3 Å². The van der Waals surface area contributed by atoms with Crippen molar-refractivity contribution in [1.29, 1.82) is 0 Å². The number of hydrogen-bond donors (Lipinski definition) is 7. The number of anilines is 1. The highest BCUT2D eigenvalue weighted by molar-refractivity contribution is 6.25. The predicted molar refractivity (Wildman–Crippen MR) is 134 cm³/mol. The lowest BCUT2D eigenvalue weighted by atomic mass is 9.58. The molecule has 0 saturated carbocycles. The Morgan fingerprint density at radius 1 is 1.16 bits per heavy atom. The number of aromatic hydroxyl groups is 1. The second kappa shape index (κ2) is 9.14. The normalized spacial score (nSPS) is 27.2. The van der Waals surface area contributed by atoms with Crippen LogP contribution >= 0.6 is 0 Å². The van der Waals surface area contributed by atoms with Gasteiger partial charge in [0, 0.05) is 43.4 Å². The number of Topliss-reactive ketones (excluding diaryl/α,β-unsaturated/α-hetero) is 2. The summed E-state index contributed by atoms with van der Waals surface area (Å²) in [5, 5.41) is 47.4. The van der Waals surface area contributed by atoms with Crippen LogP contribution in [0.2, 0.25) is 0 Å². The molecule has 3 aliphatic carbocycles. The van der Waals surface area contributed by atoms with Gasteiger partial charge in [0.1, 0.15) is 22.8 Å². The molecule has 0 heterocycles. The van der Waals surface area contributed by atoms with Crippen LogP contribution < -0.4 is 21.7 Å². The van der Waals surface area contributed by atoms with E-state index in [1.54, 1.807) is 39.2 Å². The first kappa shape index (κ1) is 26.6. The smallest absolute Gasteiger partial charge is 0.259 e. The quantitative estimate of drug-likeness (QED) is 0.191. The van der Waals surface area contributed by atoms with Crippen LogP contribution in [0, 0.1) is 11.8 Å². The first-order valence-electron chi connectivity index (χ1n) is 11.9. The van der Waals surface area contributed by atoms with Crippen molar-refractivity contribution in [1.82, 2.24) is 10.2 Å². The van der Waals surface area contributed by atoms with E-state index in [4.69, 9.17) is 11.5 Å². The largest absolute Gasteiger partial charge is 0.510 e. The number of rotatable bonds is 5. The Labute approximate surface area is 213 Å². The number of hydrogen-bond acceptors (Lipinski definition) is 11. The van der Waals surface area contributed by atoms with Crippen LogP contribution in [0.15, 0.2) is 28.7 Å². The summed E-state index contributed by atoms with van der Waals surface area (Å²) in [4.78, 5) is 43.4. The number of phenolic OH excluding ortho intramolecular Hbond substituents is 1. The summed E-state index contributed by atoms with van der Waals surface area (Å²) in [7, 11) is 6.78. The molecule has 0 spiro atoms. The minimum atomic E-state index is -2.66. The van der Waals surface area contributed by atoms with Crippen LogP contribution in [0.4, 0.5) is 5.69 Å². The van der Waals surface area contributed by atoms with Crippen molar-refractivity contribution in [3.8, 4) is 5.75 Å². The lowest BCUT2D eigenvalue weighted by Gasteiger charge is -2.50. The lowest BCUT2D eigenvalue weighted by molar-refractivity contribution is -0.148. The maximum absolute atomic E-state index is 13.8. The molecular formula is C25H33N5O7. The third kappa shape index (κ3) is 3.62. The molecule has 0 bridgehead atoms. The molecule has 37 heavy (non-hydrogen) atoms. The number of amides is 1. The molecule has 0 aliphatic heterocycles. The summed E-state index contributed by atoms with van der Waals surface area (Å²) in [6.07, 6.45) is 0.260. The van der Waals surface area contributed by atoms with E-state index < -0.39 is 58.0 Å². The Morgan fingerprint density at radius 3 is 2.35 bits per heavy atom. The van der Waals surface area contributed by atoms with Gasteiger partial charge >= 0.3 is 0 Å². The molecule has 4 atom stereocenters. The summed E-state index contributed by atoms with van der Waals surface area (Å²) < 4.78 is 0. The van der Waals surface area contributed by atoms with E-state index in [1.165, 1.54) is 4.90 Å². The van der Waals surface area contributed by atoms with Crippen LogP contribution in [0.25, 0.3) is 0 Å². The molecule has 1 amide bonds. The number of nitrogens with zero attached hydrogens (tertiary/aromatic N) is 2.